The van der Waals surface area contributed by atoms with Gasteiger partial charge in [-0.1, -0.05) is 71.6 Å². The van der Waals surface area contributed by atoms with Crippen LogP contribution in [-0.4, -0.2) is 10.7 Å². The quantitative estimate of drug-likeness (QED) is 0.493. The van der Waals surface area contributed by atoms with E-state index in [9.17, 15) is 5.11 Å². The Morgan fingerprint density at radius 3 is 1.89 bits per heavy atom. The highest BCUT2D eigenvalue weighted by atomic mass is 16.3. The van der Waals surface area contributed by atoms with Gasteiger partial charge in [-0.2, -0.15) is 0 Å². The first-order valence-corrected chi connectivity index (χ1v) is 8.92. The molecule has 19 heavy (non-hydrogen) atoms. The average molecular weight is 268 g/mol. The Hall–Kier alpha value is -0.0400. The van der Waals surface area contributed by atoms with Crippen LogP contribution in [0, 0.1) is 5.92 Å². The third-order valence-corrected chi connectivity index (χ3v) is 5.11. The second kappa shape index (κ2) is 9.80. The van der Waals surface area contributed by atoms with Gasteiger partial charge >= 0.3 is 0 Å². The molecule has 0 amide bonds. The summed E-state index contributed by atoms with van der Waals surface area (Å²) in [4.78, 5) is 0. The van der Waals surface area contributed by atoms with Crippen LogP contribution >= 0.6 is 0 Å². The lowest BCUT2D eigenvalue weighted by Gasteiger charge is -2.36. The number of hydrogen-bond acceptors (Lipinski definition) is 1. The lowest BCUT2D eigenvalue weighted by Crippen LogP contribution is -2.33. The van der Waals surface area contributed by atoms with E-state index in [1.165, 1.54) is 70.6 Å². The Kier molecular flexibility index (Phi) is 8.77. The van der Waals surface area contributed by atoms with Crippen LogP contribution in [0.15, 0.2) is 0 Å². The second-order valence-corrected chi connectivity index (χ2v) is 6.80. The summed E-state index contributed by atoms with van der Waals surface area (Å²) in [5.74, 6) is 0.888. The molecule has 0 aromatic rings. The molecule has 0 saturated heterocycles. The van der Waals surface area contributed by atoms with E-state index in [1.54, 1.807) is 0 Å². The molecular formula is C18H36O. The molecule has 1 heteroatoms. The fourth-order valence-electron chi connectivity index (χ4n) is 3.46. The predicted molar refractivity (Wildman–Crippen MR) is 84.4 cm³/mol. The predicted octanol–water partition coefficient (Wildman–Crippen LogP) is 5.85. The molecule has 1 aliphatic carbocycles. The van der Waals surface area contributed by atoms with Gasteiger partial charge in [-0.25, -0.2) is 0 Å². The van der Waals surface area contributed by atoms with Crippen LogP contribution in [-0.2, 0) is 0 Å². The molecule has 0 bridgehead atoms. The molecule has 0 radical (unpaired) electrons. The Morgan fingerprint density at radius 2 is 1.37 bits per heavy atom. The minimum atomic E-state index is -0.298. The number of aliphatic hydroxyl groups is 1. The molecular weight excluding hydrogens is 232 g/mol. The van der Waals surface area contributed by atoms with Crippen molar-refractivity contribution in [2.24, 2.45) is 5.92 Å². The van der Waals surface area contributed by atoms with Crippen molar-refractivity contribution >= 4 is 0 Å². The third-order valence-electron chi connectivity index (χ3n) is 5.11. The first-order valence-electron chi connectivity index (χ1n) is 8.92. The summed E-state index contributed by atoms with van der Waals surface area (Å²) in [6.07, 6.45) is 17.9. The summed E-state index contributed by atoms with van der Waals surface area (Å²) in [7, 11) is 0. The van der Waals surface area contributed by atoms with Gasteiger partial charge in [-0.15, -0.1) is 0 Å². The monoisotopic (exact) mass is 268 g/mol. The maximum absolute atomic E-state index is 10.6. The highest BCUT2D eigenvalue weighted by Gasteiger charge is 2.31. The van der Waals surface area contributed by atoms with Crippen LogP contribution in [0.25, 0.3) is 0 Å². The zero-order valence-corrected chi connectivity index (χ0v) is 13.4. The van der Waals surface area contributed by atoms with Crippen molar-refractivity contribution in [3.8, 4) is 0 Å². The lowest BCUT2D eigenvalue weighted by atomic mass is 9.75. The van der Waals surface area contributed by atoms with Crippen LogP contribution in [0.2, 0.25) is 0 Å². The van der Waals surface area contributed by atoms with Gasteiger partial charge in [0.25, 0.3) is 0 Å². The standard InChI is InChI=1S/C18H36O/c1-3-5-6-7-8-9-10-11-14-18(19)15-12-17(4-2)13-16-18/h17,19H,3-16H2,1-2H3. The third kappa shape index (κ3) is 7.34. The molecule has 0 aliphatic heterocycles. The fraction of sp³-hybridized carbons (Fsp3) is 1.00. The summed E-state index contributed by atoms with van der Waals surface area (Å²) in [5, 5.41) is 10.6. The van der Waals surface area contributed by atoms with Crippen LogP contribution in [0.5, 0.6) is 0 Å². The molecule has 1 N–H and O–H groups in total. The molecule has 1 aliphatic rings. The Bertz CT molecular complexity index is 204. The van der Waals surface area contributed by atoms with Gasteiger partial charge < -0.3 is 5.11 Å². The van der Waals surface area contributed by atoms with Crippen LogP contribution in [0.1, 0.15) is 104 Å². The molecule has 114 valence electrons. The van der Waals surface area contributed by atoms with E-state index in [2.05, 4.69) is 13.8 Å². The van der Waals surface area contributed by atoms with Crippen LogP contribution in [0.3, 0.4) is 0 Å². The molecule has 0 aromatic carbocycles. The van der Waals surface area contributed by atoms with Crippen LogP contribution in [0.4, 0.5) is 0 Å². The van der Waals surface area contributed by atoms with E-state index in [4.69, 9.17) is 0 Å². The number of unbranched alkanes of at least 4 members (excludes halogenated alkanes) is 7. The summed E-state index contributed by atoms with van der Waals surface area (Å²) < 4.78 is 0. The maximum atomic E-state index is 10.6. The van der Waals surface area contributed by atoms with Gasteiger partial charge in [0.2, 0.25) is 0 Å². The molecule has 0 heterocycles. The highest BCUT2D eigenvalue weighted by molar-refractivity contribution is 4.84. The molecule has 0 aromatic heterocycles. The van der Waals surface area contributed by atoms with Crippen molar-refractivity contribution in [3.63, 3.8) is 0 Å². The van der Waals surface area contributed by atoms with Gasteiger partial charge in [0.15, 0.2) is 0 Å². The number of rotatable bonds is 10. The van der Waals surface area contributed by atoms with E-state index in [1.807, 2.05) is 0 Å². The van der Waals surface area contributed by atoms with E-state index in [-0.39, 0.29) is 5.60 Å². The highest BCUT2D eigenvalue weighted by Crippen LogP contribution is 2.36. The Labute approximate surface area is 121 Å². The van der Waals surface area contributed by atoms with Gasteiger partial charge in [0, 0.05) is 0 Å². The molecule has 1 saturated carbocycles. The Balaban J connectivity index is 1.97. The van der Waals surface area contributed by atoms with Gasteiger partial charge in [0.05, 0.1) is 5.60 Å². The second-order valence-electron chi connectivity index (χ2n) is 6.80. The fourth-order valence-corrected chi connectivity index (χ4v) is 3.46. The summed E-state index contributed by atoms with van der Waals surface area (Å²) in [5.41, 5.74) is -0.298. The normalized spacial score (nSPS) is 27.6. The van der Waals surface area contributed by atoms with Gasteiger partial charge in [-0.3, -0.25) is 0 Å². The van der Waals surface area contributed by atoms with Crippen molar-refractivity contribution < 1.29 is 5.11 Å². The minimum Gasteiger partial charge on any atom is -0.390 e. The molecule has 1 nitrogen and oxygen atoms in total. The molecule has 0 unspecified atom stereocenters. The molecule has 1 fully saturated rings. The van der Waals surface area contributed by atoms with E-state index < -0.39 is 0 Å². The van der Waals surface area contributed by atoms with Gasteiger partial charge in [-0.05, 0) is 38.0 Å². The van der Waals surface area contributed by atoms with E-state index >= 15 is 0 Å². The SMILES string of the molecule is CCCCCCCCCCC1(O)CCC(CC)CC1. The zero-order chi connectivity index (χ0) is 14.0. The topological polar surface area (TPSA) is 20.2 Å². The van der Waals surface area contributed by atoms with E-state index in [0.717, 1.165) is 25.2 Å². The first kappa shape index (κ1) is 17.0. The summed E-state index contributed by atoms with van der Waals surface area (Å²) in [6.45, 7) is 4.56. The first-order chi connectivity index (χ1) is 9.20. The smallest absolute Gasteiger partial charge is 0.0648 e. The Morgan fingerprint density at radius 1 is 0.842 bits per heavy atom. The summed E-state index contributed by atoms with van der Waals surface area (Å²) in [6, 6.07) is 0. The number of hydrogen-bond donors (Lipinski definition) is 1. The summed E-state index contributed by atoms with van der Waals surface area (Å²) >= 11 is 0. The molecule has 1 rings (SSSR count). The van der Waals surface area contributed by atoms with Crippen molar-refractivity contribution in [2.45, 2.75) is 109 Å². The van der Waals surface area contributed by atoms with E-state index in [0.29, 0.717) is 0 Å². The zero-order valence-electron chi connectivity index (χ0n) is 13.4. The van der Waals surface area contributed by atoms with Crippen LogP contribution < -0.4 is 0 Å². The average Bonchev–Trinajstić information content (AvgIpc) is 2.43. The van der Waals surface area contributed by atoms with Crippen molar-refractivity contribution in [3.05, 3.63) is 0 Å². The van der Waals surface area contributed by atoms with Crippen molar-refractivity contribution in [1.29, 1.82) is 0 Å². The minimum absolute atomic E-state index is 0.298. The molecule has 0 atom stereocenters. The largest absolute Gasteiger partial charge is 0.390 e. The van der Waals surface area contributed by atoms with Crippen molar-refractivity contribution in [2.75, 3.05) is 0 Å². The lowest BCUT2D eigenvalue weighted by molar-refractivity contribution is -0.0188. The maximum Gasteiger partial charge on any atom is 0.0648 e. The van der Waals surface area contributed by atoms with Crippen molar-refractivity contribution in [1.82, 2.24) is 0 Å². The molecule has 0 spiro atoms. The van der Waals surface area contributed by atoms with Gasteiger partial charge in [0.1, 0.15) is 0 Å².